The second-order valence-electron chi connectivity index (χ2n) is 4.95. The van der Waals surface area contributed by atoms with Gasteiger partial charge in [-0.05, 0) is 19.9 Å². The van der Waals surface area contributed by atoms with Gasteiger partial charge in [-0.25, -0.2) is 4.98 Å². The van der Waals surface area contributed by atoms with E-state index in [9.17, 15) is 4.79 Å². The highest BCUT2D eigenvalue weighted by Gasteiger charge is 2.26. The van der Waals surface area contributed by atoms with Crippen molar-refractivity contribution in [3.05, 3.63) is 12.3 Å². The Morgan fingerprint density at radius 2 is 2.11 bits per heavy atom. The zero-order valence-electron chi connectivity index (χ0n) is 11.6. The first-order valence-corrected chi connectivity index (χ1v) is 5.83. The smallest absolute Gasteiger partial charge is 0.227 e. The number of hydrogen-bond acceptors (Lipinski definition) is 5. The minimum atomic E-state index is -0.488. The average Bonchev–Trinajstić information content (AvgIpc) is 2.35. The lowest BCUT2D eigenvalue weighted by molar-refractivity contribution is -0.128. The van der Waals surface area contributed by atoms with Gasteiger partial charge in [0.25, 0.3) is 0 Å². The molecule has 1 amide bonds. The molecule has 1 aromatic heterocycles. The summed E-state index contributed by atoms with van der Waals surface area (Å²) in [6, 6.07) is 1.78. The van der Waals surface area contributed by atoms with Crippen LogP contribution in [0.25, 0.3) is 0 Å². The molecule has 0 saturated carbocycles. The highest BCUT2D eigenvalue weighted by molar-refractivity contribution is 5.82. The predicted molar refractivity (Wildman–Crippen MR) is 72.7 cm³/mol. The minimum absolute atomic E-state index is 0.00288. The molecule has 0 aliphatic rings. The predicted octanol–water partition coefficient (Wildman–Crippen LogP) is 0.727. The molecule has 1 rings (SSSR count). The molecular formula is C12H21N5O. The normalized spacial score (nSPS) is 10.9. The van der Waals surface area contributed by atoms with Gasteiger partial charge in [0, 0.05) is 33.9 Å². The van der Waals surface area contributed by atoms with Crippen LogP contribution in [0.1, 0.15) is 13.8 Å². The van der Waals surface area contributed by atoms with E-state index in [-0.39, 0.29) is 5.91 Å². The van der Waals surface area contributed by atoms with Crippen LogP contribution in [0, 0.1) is 5.41 Å². The second-order valence-corrected chi connectivity index (χ2v) is 4.95. The van der Waals surface area contributed by atoms with E-state index in [4.69, 9.17) is 0 Å². The number of nitrogens with one attached hydrogen (secondary N) is 2. The van der Waals surface area contributed by atoms with E-state index in [2.05, 4.69) is 20.6 Å². The SMILES string of the molecule is CNC(=O)C(C)(C)CNc1ccnc(N(C)C)n1. The molecule has 0 atom stereocenters. The standard InChI is InChI=1S/C12H21N5O/c1-12(2,10(18)13-3)8-15-9-6-7-14-11(16-9)17(4)5/h6-7H,8H2,1-5H3,(H,13,18)(H,14,15,16). The van der Waals surface area contributed by atoms with Gasteiger partial charge in [0.1, 0.15) is 5.82 Å². The lowest BCUT2D eigenvalue weighted by atomic mass is 9.92. The third-order valence-corrected chi connectivity index (χ3v) is 2.60. The number of anilines is 2. The zero-order chi connectivity index (χ0) is 13.8. The van der Waals surface area contributed by atoms with E-state index in [1.54, 1.807) is 19.3 Å². The molecule has 100 valence electrons. The van der Waals surface area contributed by atoms with Gasteiger partial charge in [-0.1, -0.05) is 0 Å². The van der Waals surface area contributed by atoms with Crippen molar-refractivity contribution in [2.45, 2.75) is 13.8 Å². The van der Waals surface area contributed by atoms with Crippen molar-refractivity contribution in [3.63, 3.8) is 0 Å². The Morgan fingerprint density at radius 1 is 1.44 bits per heavy atom. The summed E-state index contributed by atoms with van der Waals surface area (Å²) >= 11 is 0. The zero-order valence-corrected chi connectivity index (χ0v) is 11.6. The van der Waals surface area contributed by atoms with E-state index in [1.807, 2.05) is 32.8 Å². The molecular weight excluding hydrogens is 230 g/mol. The Labute approximate surface area is 108 Å². The Bertz CT molecular complexity index is 417. The van der Waals surface area contributed by atoms with Crippen molar-refractivity contribution in [2.24, 2.45) is 5.41 Å². The number of carbonyl (C=O) groups is 1. The Morgan fingerprint density at radius 3 is 2.67 bits per heavy atom. The first-order chi connectivity index (χ1) is 8.36. The molecule has 0 radical (unpaired) electrons. The van der Waals surface area contributed by atoms with E-state index >= 15 is 0 Å². The lowest BCUT2D eigenvalue weighted by Gasteiger charge is -2.23. The first-order valence-electron chi connectivity index (χ1n) is 5.83. The van der Waals surface area contributed by atoms with Crippen LogP contribution in [0.2, 0.25) is 0 Å². The maximum atomic E-state index is 11.6. The number of carbonyl (C=O) groups excluding carboxylic acids is 1. The highest BCUT2D eigenvalue weighted by atomic mass is 16.2. The highest BCUT2D eigenvalue weighted by Crippen LogP contribution is 2.16. The average molecular weight is 251 g/mol. The molecule has 0 spiro atoms. The molecule has 0 unspecified atom stereocenters. The van der Waals surface area contributed by atoms with Crippen molar-refractivity contribution in [1.82, 2.24) is 15.3 Å². The van der Waals surface area contributed by atoms with Gasteiger partial charge in [0.15, 0.2) is 0 Å². The molecule has 2 N–H and O–H groups in total. The van der Waals surface area contributed by atoms with E-state index in [1.165, 1.54) is 0 Å². The largest absolute Gasteiger partial charge is 0.369 e. The van der Waals surface area contributed by atoms with Crippen molar-refractivity contribution < 1.29 is 4.79 Å². The van der Waals surface area contributed by atoms with E-state index in [0.717, 1.165) is 0 Å². The molecule has 6 heteroatoms. The van der Waals surface area contributed by atoms with Gasteiger partial charge in [-0.15, -0.1) is 0 Å². The molecule has 0 aliphatic carbocycles. The quantitative estimate of drug-likeness (QED) is 0.807. The third kappa shape index (κ3) is 3.58. The topological polar surface area (TPSA) is 70.2 Å². The van der Waals surface area contributed by atoms with Gasteiger partial charge in [0.05, 0.1) is 5.41 Å². The Kier molecular flexibility index (Phi) is 4.47. The van der Waals surface area contributed by atoms with Gasteiger partial charge in [-0.3, -0.25) is 4.79 Å². The van der Waals surface area contributed by atoms with Crippen molar-refractivity contribution in [1.29, 1.82) is 0 Å². The number of rotatable bonds is 5. The molecule has 0 aromatic carbocycles. The molecule has 6 nitrogen and oxygen atoms in total. The summed E-state index contributed by atoms with van der Waals surface area (Å²) < 4.78 is 0. The molecule has 1 aromatic rings. The Hall–Kier alpha value is -1.85. The van der Waals surface area contributed by atoms with Gasteiger partial charge in [0.2, 0.25) is 11.9 Å². The molecule has 1 heterocycles. The summed E-state index contributed by atoms with van der Waals surface area (Å²) in [6.45, 7) is 4.27. The van der Waals surface area contributed by atoms with Gasteiger partial charge >= 0.3 is 0 Å². The summed E-state index contributed by atoms with van der Waals surface area (Å²) in [5, 5.41) is 5.81. The fourth-order valence-electron chi connectivity index (χ4n) is 1.39. The van der Waals surface area contributed by atoms with Crippen LogP contribution in [0.3, 0.4) is 0 Å². The number of nitrogens with zero attached hydrogens (tertiary/aromatic N) is 3. The molecule has 0 saturated heterocycles. The van der Waals surface area contributed by atoms with Crippen LogP contribution in [0.4, 0.5) is 11.8 Å². The maximum Gasteiger partial charge on any atom is 0.227 e. The Balaban J connectivity index is 2.69. The summed E-state index contributed by atoms with van der Waals surface area (Å²) in [5.74, 6) is 1.35. The second kappa shape index (κ2) is 5.66. The monoisotopic (exact) mass is 251 g/mol. The van der Waals surface area contributed by atoms with Crippen LogP contribution in [-0.2, 0) is 4.79 Å². The van der Waals surface area contributed by atoms with Crippen molar-refractivity contribution >= 4 is 17.7 Å². The molecule has 0 fully saturated rings. The fraction of sp³-hybridized carbons (Fsp3) is 0.583. The lowest BCUT2D eigenvalue weighted by Crippen LogP contribution is -2.39. The molecule has 0 aliphatic heterocycles. The van der Waals surface area contributed by atoms with Crippen LogP contribution in [-0.4, -0.2) is 43.6 Å². The van der Waals surface area contributed by atoms with Gasteiger partial charge in [-0.2, -0.15) is 4.98 Å². The van der Waals surface area contributed by atoms with E-state index < -0.39 is 5.41 Å². The molecule has 0 bridgehead atoms. The third-order valence-electron chi connectivity index (χ3n) is 2.60. The van der Waals surface area contributed by atoms with Crippen LogP contribution >= 0.6 is 0 Å². The molecule has 18 heavy (non-hydrogen) atoms. The van der Waals surface area contributed by atoms with Crippen molar-refractivity contribution in [3.8, 4) is 0 Å². The van der Waals surface area contributed by atoms with Crippen LogP contribution < -0.4 is 15.5 Å². The van der Waals surface area contributed by atoms with Gasteiger partial charge < -0.3 is 15.5 Å². The van der Waals surface area contributed by atoms with Crippen molar-refractivity contribution in [2.75, 3.05) is 37.9 Å². The summed E-state index contributed by atoms with van der Waals surface area (Å²) in [6.07, 6.45) is 1.69. The number of hydrogen-bond donors (Lipinski definition) is 2. The number of amides is 1. The first kappa shape index (κ1) is 14.2. The van der Waals surface area contributed by atoms with E-state index in [0.29, 0.717) is 18.3 Å². The summed E-state index contributed by atoms with van der Waals surface area (Å²) in [5.41, 5.74) is -0.488. The fourth-order valence-corrected chi connectivity index (χ4v) is 1.39. The maximum absolute atomic E-state index is 11.6. The number of aromatic nitrogens is 2. The van der Waals surface area contributed by atoms with Crippen LogP contribution in [0.5, 0.6) is 0 Å². The summed E-state index contributed by atoms with van der Waals surface area (Å²) in [4.78, 5) is 21.9. The summed E-state index contributed by atoms with van der Waals surface area (Å²) in [7, 11) is 5.40. The minimum Gasteiger partial charge on any atom is -0.369 e. The van der Waals surface area contributed by atoms with Crippen LogP contribution in [0.15, 0.2) is 12.3 Å².